The van der Waals surface area contributed by atoms with Gasteiger partial charge in [-0.3, -0.25) is 9.38 Å². The number of nitrogens with zero attached hydrogens (tertiary/aromatic N) is 4. The molecule has 3 aromatic heterocycles. The minimum atomic E-state index is -0.263. The third-order valence-corrected chi connectivity index (χ3v) is 4.70. The molecule has 0 radical (unpaired) electrons. The molecule has 0 aliphatic heterocycles. The quantitative estimate of drug-likeness (QED) is 0.466. The number of imidazole rings is 1. The van der Waals surface area contributed by atoms with Crippen molar-refractivity contribution in [1.29, 1.82) is 0 Å². The van der Waals surface area contributed by atoms with Gasteiger partial charge in [0.05, 0.1) is 23.8 Å². The molecule has 4 nitrogen and oxygen atoms in total. The standard InChI is InChI=1S/C21H15FN4/c1-25-8-7-16-9-14(5-6-19(16)25)18-13-26-20(11-24-21(26)12-23-18)15-3-2-4-17(22)10-15/h2-13H,1H3. The van der Waals surface area contributed by atoms with Crippen molar-refractivity contribution in [3.05, 3.63) is 79.1 Å². The lowest BCUT2D eigenvalue weighted by atomic mass is 10.1. The Kier molecular flexibility index (Phi) is 3.15. The van der Waals surface area contributed by atoms with Crippen molar-refractivity contribution in [2.24, 2.45) is 7.05 Å². The van der Waals surface area contributed by atoms with Crippen molar-refractivity contribution in [1.82, 2.24) is 18.9 Å². The smallest absolute Gasteiger partial charge is 0.155 e. The summed E-state index contributed by atoms with van der Waals surface area (Å²) in [7, 11) is 2.03. The molecule has 0 N–H and O–H groups in total. The third kappa shape index (κ3) is 2.29. The molecule has 0 saturated carbocycles. The molecule has 126 valence electrons. The maximum atomic E-state index is 13.6. The Hall–Kier alpha value is -3.47. The molecule has 0 bridgehead atoms. The van der Waals surface area contributed by atoms with Crippen LogP contribution in [0.3, 0.4) is 0 Å². The maximum Gasteiger partial charge on any atom is 0.155 e. The zero-order valence-corrected chi connectivity index (χ0v) is 14.1. The van der Waals surface area contributed by atoms with Crippen LogP contribution in [0.2, 0.25) is 0 Å². The van der Waals surface area contributed by atoms with E-state index in [0.717, 1.165) is 28.2 Å². The molecule has 26 heavy (non-hydrogen) atoms. The van der Waals surface area contributed by atoms with Crippen molar-refractivity contribution in [3.63, 3.8) is 0 Å². The largest absolute Gasteiger partial charge is 0.351 e. The number of rotatable bonds is 2. The highest BCUT2D eigenvalue weighted by Crippen LogP contribution is 2.26. The lowest BCUT2D eigenvalue weighted by molar-refractivity contribution is 0.628. The molecule has 0 saturated heterocycles. The van der Waals surface area contributed by atoms with E-state index in [2.05, 4.69) is 38.8 Å². The van der Waals surface area contributed by atoms with Crippen molar-refractivity contribution in [3.8, 4) is 22.5 Å². The number of aryl methyl sites for hydroxylation is 1. The normalized spacial score (nSPS) is 11.5. The summed E-state index contributed by atoms with van der Waals surface area (Å²) in [5.41, 5.74) is 5.41. The number of halogens is 1. The molecule has 2 aromatic carbocycles. The highest BCUT2D eigenvalue weighted by Gasteiger charge is 2.10. The summed E-state index contributed by atoms with van der Waals surface area (Å²) in [6.07, 6.45) is 7.49. The van der Waals surface area contributed by atoms with Crippen molar-refractivity contribution >= 4 is 16.6 Å². The van der Waals surface area contributed by atoms with Gasteiger partial charge in [0.2, 0.25) is 0 Å². The van der Waals surface area contributed by atoms with E-state index in [1.807, 2.05) is 29.9 Å². The SMILES string of the molecule is Cn1ccc2cc(-c3cn4c(-c5cccc(F)c5)cnc4cn3)ccc21. The predicted octanol–water partition coefficient (Wildman–Crippen LogP) is 4.69. The molecule has 0 aliphatic carbocycles. The molecular weight excluding hydrogens is 327 g/mol. The number of benzene rings is 2. The van der Waals surface area contributed by atoms with Gasteiger partial charge in [0.1, 0.15) is 5.82 Å². The Balaban J connectivity index is 1.67. The second-order valence-corrected chi connectivity index (χ2v) is 6.35. The topological polar surface area (TPSA) is 35.1 Å². The van der Waals surface area contributed by atoms with Crippen molar-refractivity contribution in [2.45, 2.75) is 0 Å². The average molecular weight is 342 g/mol. The molecule has 0 fully saturated rings. The van der Waals surface area contributed by atoms with Gasteiger partial charge in [0.15, 0.2) is 5.65 Å². The van der Waals surface area contributed by atoms with E-state index in [9.17, 15) is 4.39 Å². The van der Waals surface area contributed by atoms with Crippen LogP contribution >= 0.6 is 0 Å². The number of fused-ring (bicyclic) bond motifs is 2. The van der Waals surface area contributed by atoms with E-state index in [1.165, 1.54) is 23.0 Å². The maximum absolute atomic E-state index is 13.6. The molecular formula is C21H15FN4. The third-order valence-electron chi connectivity index (χ3n) is 4.70. The van der Waals surface area contributed by atoms with Crippen LogP contribution in [0.1, 0.15) is 0 Å². The van der Waals surface area contributed by atoms with E-state index in [4.69, 9.17) is 0 Å². The summed E-state index contributed by atoms with van der Waals surface area (Å²) >= 11 is 0. The molecule has 0 aliphatic rings. The number of hydrogen-bond donors (Lipinski definition) is 0. The summed E-state index contributed by atoms with van der Waals surface area (Å²) in [4.78, 5) is 8.94. The minimum absolute atomic E-state index is 0.263. The second kappa shape index (κ2) is 5.52. The van der Waals surface area contributed by atoms with Gasteiger partial charge in [-0.25, -0.2) is 9.37 Å². The Morgan fingerprint density at radius 2 is 1.85 bits per heavy atom. The van der Waals surface area contributed by atoms with Crippen molar-refractivity contribution < 1.29 is 4.39 Å². The van der Waals surface area contributed by atoms with Crippen LogP contribution < -0.4 is 0 Å². The first-order chi connectivity index (χ1) is 12.7. The summed E-state index contributed by atoms with van der Waals surface area (Å²) < 4.78 is 17.7. The van der Waals surface area contributed by atoms with Crippen molar-refractivity contribution in [2.75, 3.05) is 0 Å². The van der Waals surface area contributed by atoms with E-state index < -0.39 is 0 Å². The summed E-state index contributed by atoms with van der Waals surface area (Å²) in [6, 6.07) is 14.9. The average Bonchev–Trinajstić information content (AvgIpc) is 3.24. The first kappa shape index (κ1) is 14.8. The molecule has 5 aromatic rings. The van der Waals surface area contributed by atoms with Gasteiger partial charge in [0, 0.05) is 41.5 Å². The van der Waals surface area contributed by atoms with Gasteiger partial charge in [-0.15, -0.1) is 0 Å². The Morgan fingerprint density at radius 3 is 2.73 bits per heavy atom. The zero-order valence-electron chi connectivity index (χ0n) is 14.1. The number of hydrogen-bond acceptors (Lipinski definition) is 2. The van der Waals surface area contributed by atoms with Gasteiger partial charge in [0.25, 0.3) is 0 Å². The summed E-state index contributed by atoms with van der Waals surface area (Å²) in [5, 5.41) is 1.17. The summed E-state index contributed by atoms with van der Waals surface area (Å²) in [5.74, 6) is -0.263. The molecule has 0 amide bonds. The molecule has 5 rings (SSSR count). The van der Waals surface area contributed by atoms with Crippen LogP contribution in [0.4, 0.5) is 4.39 Å². The predicted molar refractivity (Wildman–Crippen MR) is 100 cm³/mol. The van der Waals surface area contributed by atoms with E-state index in [1.54, 1.807) is 18.5 Å². The van der Waals surface area contributed by atoms with E-state index in [0.29, 0.717) is 0 Å². The van der Waals surface area contributed by atoms with E-state index >= 15 is 0 Å². The summed E-state index contributed by atoms with van der Waals surface area (Å²) in [6.45, 7) is 0. The Bertz CT molecular complexity index is 1270. The van der Waals surface area contributed by atoms with Gasteiger partial charge in [-0.05, 0) is 30.3 Å². The Morgan fingerprint density at radius 1 is 0.923 bits per heavy atom. The second-order valence-electron chi connectivity index (χ2n) is 6.35. The van der Waals surface area contributed by atoms with Crippen LogP contribution in [0, 0.1) is 5.82 Å². The van der Waals surface area contributed by atoms with Crippen LogP contribution in [0.5, 0.6) is 0 Å². The van der Waals surface area contributed by atoms with Crippen LogP contribution in [-0.2, 0) is 7.05 Å². The molecule has 5 heteroatoms. The fourth-order valence-corrected chi connectivity index (χ4v) is 3.34. The molecule has 3 heterocycles. The van der Waals surface area contributed by atoms with Gasteiger partial charge in [-0.2, -0.15) is 0 Å². The highest BCUT2D eigenvalue weighted by atomic mass is 19.1. The first-order valence-corrected chi connectivity index (χ1v) is 8.33. The Labute approximate surface area is 149 Å². The van der Waals surface area contributed by atoms with Gasteiger partial charge >= 0.3 is 0 Å². The van der Waals surface area contributed by atoms with E-state index in [-0.39, 0.29) is 5.82 Å². The monoisotopic (exact) mass is 342 g/mol. The first-order valence-electron chi connectivity index (χ1n) is 8.33. The molecule has 0 atom stereocenters. The molecule has 0 unspecified atom stereocenters. The lowest BCUT2D eigenvalue weighted by Gasteiger charge is -2.06. The van der Waals surface area contributed by atoms with Gasteiger partial charge in [-0.1, -0.05) is 18.2 Å². The highest BCUT2D eigenvalue weighted by molar-refractivity contribution is 5.85. The fraction of sp³-hybridized carbons (Fsp3) is 0.0476. The van der Waals surface area contributed by atoms with Gasteiger partial charge < -0.3 is 4.57 Å². The minimum Gasteiger partial charge on any atom is -0.351 e. The zero-order chi connectivity index (χ0) is 17.7. The molecule has 0 spiro atoms. The number of aromatic nitrogens is 4. The van der Waals surface area contributed by atoms with Crippen LogP contribution in [0.15, 0.2) is 73.3 Å². The lowest BCUT2D eigenvalue weighted by Crippen LogP contribution is -1.93. The fourth-order valence-electron chi connectivity index (χ4n) is 3.34. The van der Waals surface area contributed by atoms with Crippen LogP contribution in [-0.4, -0.2) is 18.9 Å². The van der Waals surface area contributed by atoms with Crippen LogP contribution in [0.25, 0.3) is 39.1 Å².